The summed E-state index contributed by atoms with van der Waals surface area (Å²) in [6.45, 7) is 0.929. The summed E-state index contributed by atoms with van der Waals surface area (Å²) in [7, 11) is -7.83. The van der Waals surface area contributed by atoms with Crippen LogP contribution < -0.4 is 10.0 Å². The van der Waals surface area contributed by atoms with Gasteiger partial charge < -0.3 is 10.1 Å². The van der Waals surface area contributed by atoms with E-state index >= 15 is 0 Å². The molecule has 36 heavy (non-hydrogen) atoms. The number of ether oxygens (including phenoxy) is 1. The number of hydrogen-bond donors (Lipinski definition) is 2. The standard InChI is InChI=1S/C23H21Cl2N3O6S2/c24-19-3-1-2-4-21(19)27-35(30,31)18-8-6-17(7-9-18)26-23(29)16-5-10-20(25)22(15-16)36(32,33)28-11-13-34-14-12-28/h1-10,15,27H,11-14H2,(H,26,29). The number of nitrogens with zero attached hydrogens (tertiary/aromatic N) is 1. The lowest BCUT2D eigenvalue weighted by Crippen LogP contribution is -2.40. The number of carbonyl (C=O) groups excluding carboxylic acids is 1. The van der Waals surface area contributed by atoms with Gasteiger partial charge in [0.15, 0.2) is 0 Å². The number of sulfonamides is 2. The highest BCUT2D eigenvalue weighted by Crippen LogP contribution is 2.28. The van der Waals surface area contributed by atoms with Gasteiger partial charge in [-0.3, -0.25) is 9.52 Å². The molecule has 1 aliphatic rings. The van der Waals surface area contributed by atoms with Gasteiger partial charge in [0.2, 0.25) is 10.0 Å². The molecule has 4 rings (SSSR count). The lowest BCUT2D eigenvalue weighted by molar-refractivity contribution is 0.0730. The van der Waals surface area contributed by atoms with Gasteiger partial charge in [-0.2, -0.15) is 4.31 Å². The van der Waals surface area contributed by atoms with Crippen molar-refractivity contribution >= 4 is 60.5 Å². The molecule has 0 saturated carbocycles. The summed E-state index contributed by atoms with van der Waals surface area (Å²) in [4.78, 5) is 12.6. The van der Waals surface area contributed by atoms with Crippen LogP contribution in [0.25, 0.3) is 0 Å². The summed E-state index contributed by atoms with van der Waals surface area (Å²) >= 11 is 12.2. The van der Waals surface area contributed by atoms with Gasteiger partial charge in [0.25, 0.3) is 15.9 Å². The summed E-state index contributed by atoms with van der Waals surface area (Å²) in [5, 5.41) is 2.88. The minimum atomic E-state index is -3.91. The van der Waals surface area contributed by atoms with Crippen LogP contribution in [0, 0.1) is 0 Å². The van der Waals surface area contributed by atoms with E-state index < -0.39 is 26.0 Å². The summed E-state index contributed by atoms with van der Waals surface area (Å²) < 4.78 is 60.2. The maximum Gasteiger partial charge on any atom is 0.261 e. The monoisotopic (exact) mass is 569 g/mol. The Bertz CT molecular complexity index is 1490. The summed E-state index contributed by atoms with van der Waals surface area (Å²) in [6, 6.07) is 15.9. The van der Waals surface area contributed by atoms with Crippen molar-refractivity contribution in [1.29, 1.82) is 0 Å². The predicted octanol–water partition coefficient (Wildman–Crippen LogP) is 4.07. The number of nitrogens with one attached hydrogen (secondary N) is 2. The van der Waals surface area contributed by atoms with Crippen molar-refractivity contribution in [2.75, 3.05) is 36.3 Å². The van der Waals surface area contributed by atoms with E-state index in [0.717, 1.165) is 0 Å². The van der Waals surface area contributed by atoms with Crippen molar-refractivity contribution in [3.63, 3.8) is 0 Å². The highest BCUT2D eigenvalue weighted by molar-refractivity contribution is 7.92. The molecule has 3 aromatic rings. The van der Waals surface area contributed by atoms with Crippen molar-refractivity contribution in [2.45, 2.75) is 9.79 Å². The second-order valence-corrected chi connectivity index (χ2v) is 12.1. The molecule has 0 radical (unpaired) electrons. The third-order valence-electron chi connectivity index (χ3n) is 5.32. The molecule has 0 aromatic heterocycles. The molecule has 9 nitrogen and oxygen atoms in total. The van der Waals surface area contributed by atoms with Crippen molar-refractivity contribution in [1.82, 2.24) is 4.31 Å². The molecule has 0 spiro atoms. The zero-order chi connectivity index (χ0) is 25.9. The fraction of sp³-hybridized carbons (Fsp3) is 0.174. The Labute approximate surface area is 219 Å². The van der Waals surface area contributed by atoms with Crippen LogP contribution >= 0.6 is 23.2 Å². The minimum absolute atomic E-state index is 0.00128. The fourth-order valence-electron chi connectivity index (χ4n) is 3.44. The highest BCUT2D eigenvalue weighted by Gasteiger charge is 2.29. The third-order valence-corrected chi connectivity index (χ3v) is 9.41. The quantitative estimate of drug-likeness (QED) is 0.442. The van der Waals surface area contributed by atoms with Gasteiger partial charge in [-0.1, -0.05) is 35.3 Å². The van der Waals surface area contributed by atoms with E-state index in [2.05, 4.69) is 10.0 Å². The molecule has 1 saturated heterocycles. The first-order chi connectivity index (χ1) is 17.1. The Kier molecular flexibility index (Phi) is 7.88. The Hall–Kier alpha value is -2.67. The smallest absolute Gasteiger partial charge is 0.261 e. The molecular formula is C23H21Cl2N3O6S2. The summed E-state index contributed by atoms with van der Waals surface area (Å²) in [6.07, 6.45) is 0. The van der Waals surface area contributed by atoms with Crippen LogP contribution in [0.15, 0.2) is 76.5 Å². The maximum atomic E-state index is 13.0. The third kappa shape index (κ3) is 5.83. The molecule has 0 aliphatic carbocycles. The van der Waals surface area contributed by atoms with Crippen LogP contribution in [-0.4, -0.2) is 53.4 Å². The van der Waals surface area contributed by atoms with Crippen LogP contribution in [0.4, 0.5) is 11.4 Å². The van der Waals surface area contributed by atoms with Crippen LogP contribution in [0.5, 0.6) is 0 Å². The van der Waals surface area contributed by atoms with E-state index in [1.54, 1.807) is 18.2 Å². The molecule has 3 aromatic carbocycles. The van der Waals surface area contributed by atoms with Crippen molar-refractivity contribution in [3.05, 3.63) is 82.3 Å². The number of rotatable bonds is 7. The first-order valence-corrected chi connectivity index (χ1v) is 14.3. The van der Waals surface area contributed by atoms with E-state index in [1.807, 2.05) is 0 Å². The first-order valence-electron chi connectivity index (χ1n) is 10.6. The van der Waals surface area contributed by atoms with E-state index in [-0.39, 0.29) is 57.4 Å². The van der Waals surface area contributed by atoms with Gasteiger partial charge in [-0.25, -0.2) is 16.8 Å². The average Bonchev–Trinajstić information content (AvgIpc) is 2.86. The highest BCUT2D eigenvalue weighted by atomic mass is 35.5. The Morgan fingerprint density at radius 1 is 0.861 bits per heavy atom. The lowest BCUT2D eigenvalue weighted by atomic mass is 10.2. The molecule has 0 atom stereocenters. The number of anilines is 2. The summed E-state index contributed by atoms with van der Waals surface area (Å²) in [5.41, 5.74) is 0.620. The number of morpholine rings is 1. The van der Waals surface area contributed by atoms with Gasteiger partial charge >= 0.3 is 0 Å². The number of para-hydroxylation sites is 1. The van der Waals surface area contributed by atoms with Crippen LogP contribution in [0.1, 0.15) is 10.4 Å². The number of hydrogen-bond acceptors (Lipinski definition) is 6. The second-order valence-electron chi connectivity index (χ2n) is 7.73. The topological polar surface area (TPSA) is 122 Å². The van der Waals surface area contributed by atoms with Crippen molar-refractivity contribution in [2.24, 2.45) is 0 Å². The van der Waals surface area contributed by atoms with Crippen molar-refractivity contribution < 1.29 is 26.4 Å². The van der Waals surface area contributed by atoms with Gasteiger partial charge in [-0.05, 0) is 54.6 Å². The lowest BCUT2D eigenvalue weighted by Gasteiger charge is -2.26. The molecule has 190 valence electrons. The molecule has 13 heteroatoms. The fourth-order valence-corrected chi connectivity index (χ4v) is 6.66. The molecule has 1 amide bonds. The number of amides is 1. The Morgan fingerprint density at radius 2 is 1.53 bits per heavy atom. The molecular weight excluding hydrogens is 549 g/mol. The largest absolute Gasteiger partial charge is 0.379 e. The zero-order valence-electron chi connectivity index (χ0n) is 18.6. The zero-order valence-corrected chi connectivity index (χ0v) is 21.8. The maximum absolute atomic E-state index is 13.0. The van der Waals surface area contributed by atoms with Crippen molar-refractivity contribution in [3.8, 4) is 0 Å². The van der Waals surface area contributed by atoms with E-state index in [0.29, 0.717) is 5.69 Å². The number of halogens is 2. The molecule has 0 bridgehead atoms. The van der Waals surface area contributed by atoms with E-state index in [9.17, 15) is 21.6 Å². The average molecular weight is 570 g/mol. The van der Waals surface area contributed by atoms with Crippen LogP contribution in [0.2, 0.25) is 10.0 Å². The first kappa shape index (κ1) is 26.4. The molecule has 1 fully saturated rings. The van der Waals surface area contributed by atoms with Gasteiger partial charge in [0, 0.05) is 24.3 Å². The molecule has 0 unspecified atom stereocenters. The predicted molar refractivity (Wildman–Crippen MR) is 138 cm³/mol. The van der Waals surface area contributed by atoms with Crippen LogP contribution in [-0.2, 0) is 24.8 Å². The normalized spacial score (nSPS) is 14.8. The summed E-state index contributed by atoms with van der Waals surface area (Å²) in [5.74, 6) is -0.588. The SMILES string of the molecule is O=C(Nc1ccc(S(=O)(=O)Nc2ccccc2Cl)cc1)c1ccc(Cl)c(S(=O)(=O)N2CCOCC2)c1. The Morgan fingerprint density at radius 3 is 2.19 bits per heavy atom. The minimum Gasteiger partial charge on any atom is -0.379 e. The van der Waals surface area contributed by atoms with Gasteiger partial charge in [-0.15, -0.1) is 0 Å². The Balaban J connectivity index is 1.50. The van der Waals surface area contributed by atoms with Crippen LogP contribution in [0.3, 0.4) is 0 Å². The van der Waals surface area contributed by atoms with E-state index in [4.69, 9.17) is 27.9 Å². The molecule has 1 aliphatic heterocycles. The number of carbonyl (C=O) groups is 1. The van der Waals surface area contributed by atoms with E-state index in [1.165, 1.54) is 52.8 Å². The van der Waals surface area contributed by atoms with Gasteiger partial charge in [0.1, 0.15) is 4.90 Å². The number of benzene rings is 3. The second kappa shape index (κ2) is 10.8. The van der Waals surface area contributed by atoms with Gasteiger partial charge in [0.05, 0.1) is 33.8 Å². The molecule has 2 N–H and O–H groups in total. The molecule has 1 heterocycles.